The van der Waals surface area contributed by atoms with Gasteiger partial charge < -0.3 is 14.5 Å². The Morgan fingerprint density at radius 3 is 2.77 bits per heavy atom. The summed E-state index contributed by atoms with van der Waals surface area (Å²) in [5, 5.41) is 0. The number of hydrogen-bond acceptors (Lipinski definition) is 4. The van der Waals surface area contributed by atoms with Gasteiger partial charge in [-0.3, -0.25) is 9.69 Å². The quantitative estimate of drug-likeness (QED) is 0.810. The number of hydrogen-bond donors (Lipinski definition) is 0. The van der Waals surface area contributed by atoms with Crippen LogP contribution in [0.4, 0.5) is 0 Å². The first-order valence-electron chi connectivity index (χ1n) is 10.0. The zero-order valence-corrected chi connectivity index (χ0v) is 16.1. The molecule has 26 heavy (non-hydrogen) atoms. The molecular weight excluding hydrogens is 326 g/mol. The average molecular weight is 357 g/mol. The summed E-state index contributed by atoms with van der Waals surface area (Å²) in [6, 6.07) is 9.08. The van der Waals surface area contributed by atoms with Crippen LogP contribution < -0.4 is 4.74 Å². The van der Waals surface area contributed by atoms with E-state index in [1.54, 1.807) is 0 Å². The summed E-state index contributed by atoms with van der Waals surface area (Å²) in [7, 11) is 4.24. The largest absolute Gasteiger partial charge is 0.492 e. The van der Waals surface area contributed by atoms with Gasteiger partial charge in [0.2, 0.25) is 5.91 Å². The van der Waals surface area contributed by atoms with Crippen molar-refractivity contribution in [3.63, 3.8) is 0 Å². The highest BCUT2D eigenvalue weighted by atomic mass is 16.5. The van der Waals surface area contributed by atoms with Gasteiger partial charge in [0, 0.05) is 43.7 Å². The highest BCUT2D eigenvalue weighted by Crippen LogP contribution is 2.34. The number of amides is 1. The first kappa shape index (κ1) is 17.8. The monoisotopic (exact) mass is 357 g/mol. The standard InChI is InChI=1S/C21H31N3O2/c1-22(2)13-19-15-26-20-8-4-3-6-17(20)12-23(19)14-18-7-5-11-24(18)21(25)16-9-10-16/h3-4,6,8,16,18-19H,5,7,9-15H2,1-2H3/t18-,19+/m1/s1. The number of para-hydroxylation sites is 1. The van der Waals surface area contributed by atoms with Gasteiger partial charge in [0.05, 0.1) is 6.04 Å². The van der Waals surface area contributed by atoms with Gasteiger partial charge >= 0.3 is 0 Å². The molecule has 0 bridgehead atoms. The molecule has 2 fully saturated rings. The van der Waals surface area contributed by atoms with E-state index in [2.05, 4.69) is 47.0 Å². The fourth-order valence-corrected chi connectivity index (χ4v) is 4.37. The molecule has 142 valence electrons. The Morgan fingerprint density at radius 1 is 1.19 bits per heavy atom. The lowest BCUT2D eigenvalue weighted by Gasteiger charge is -2.35. The van der Waals surface area contributed by atoms with Gasteiger partial charge in [-0.1, -0.05) is 18.2 Å². The van der Waals surface area contributed by atoms with Crippen LogP contribution in [0.2, 0.25) is 0 Å². The third kappa shape index (κ3) is 3.89. The zero-order valence-electron chi connectivity index (χ0n) is 16.1. The Morgan fingerprint density at radius 2 is 2.00 bits per heavy atom. The lowest BCUT2D eigenvalue weighted by Crippen LogP contribution is -2.50. The van der Waals surface area contributed by atoms with Crippen molar-refractivity contribution in [2.24, 2.45) is 5.92 Å². The van der Waals surface area contributed by atoms with Gasteiger partial charge in [-0.2, -0.15) is 0 Å². The van der Waals surface area contributed by atoms with Crippen molar-refractivity contribution in [1.29, 1.82) is 0 Å². The minimum atomic E-state index is 0.321. The van der Waals surface area contributed by atoms with E-state index in [0.29, 0.717) is 30.5 Å². The van der Waals surface area contributed by atoms with Gasteiger partial charge in [-0.05, 0) is 45.8 Å². The Hall–Kier alpha value is -1.59. The molecule has 0 unspecified atom stereocenters. The van der Waals surface area contributed by atoms with E-state index < -0.39 is 0 Å². The van der Waals surface area contributed by atoms with Crippen LogP contribution in [-0.4, -0.2) is 73.0 Å². The summed E-state index contributed by atoms with van der Waals surface area (Å²) in [5.74, 6) is 1.74. The molecule has 3 aliphatic rings. The van der Waals surface area contributed by atoms with Crippen molar-refractivity contribution in [2.75, 3.05) is 40.3 Å². The molecular formula is C21H31N3O2. The van der Waals surface area contributed by atoms with Crippen LogP contribution in [0.5, 0.6) is 5.75 Å². The number of carbonyl (C=O) groups is 1. The van der Waals surface area contributed by atoms with Gasteiger partial charge in [0.25, 0.3) is 0 Å². The number of rotatable bonds is 5. The lowest BCUT2D eigenvalue weighted by atomic mass is 10.1. The van der Waals surface area contributed by atoms with Crippen LogP contribution in [-0.2, 0) is 11.3 Å². The van der Waals surface area contributed by atoms with Gasteiger partial charge in [0.1, 0.15) is 12.4 Å². The molecule has 1 amide bonds. The topological polar surface area (TPSA) is 36.0 Å². The van der Waals surface area contributed by atoms with Gasteiger partial charge in [-0.25, -0.2) is 0 Å². The van der Waals surface area contributed by atoms with Crippen LogP contribution >= 0.6 is 0 Å². The average Bonchev–Trinajstić information content (AvgIpc) is 3.39. The van der Waals surface area contributed by atoms with Crippen molar-refractivity contribution in [3.8, 4) is 5.75 Å². The second kappa shape index (κ2) is 7.57. The Kier molecular flexibility index (Phi) is 5.18. The van der Waals surface area contributed by atoms with Crippen molar-refractivity contribution >= 4 is 5.91 Å². The van der Waals surface area contributed by atoms with E-state index in [1.807, 2.05) is 6.07 Å². The molecule has 1 aromatic rings. The van der Waals surface area contributed by atoms with E-state index in [4.69, 9.17) is 4.74 Å². The molecule has 0 N–H and O–H groups in total. The van der Waals surface area contributed by atoms with Gasteiger partial charge in [0.15, 0.2) is 0 Å². The molecule has 2 atom stereocenters. The number of nitrogens with zero attached hydrogens (tertiary/aromatic N) is 3. The van der Waals surface area contributed by atoms with Crippen molar-refractivity contribution < 1.29 is 9.53 Å². The molecule has 1 aromatic carbocycles. The summed E-state index contributed by atoms with van der Waals surface area (Å²) in [6.45, 7) is 4.47. The van der Waals surface area contributed by atoms with E-state index in [9.17, 15) is 4.79 Å². The van der Waals surface area contributed by atoms with E-state index in [0.717, 1.165) is 57.6 Å². The van der Waals surface area contributed by atoms with Crippen LogP contribution in [0.1, 0.15) is 31.2 Å². The third-order valence-corrected chi connectivity index (χ3v) is 5.90. The molecule has 5 nitrogen and oxygen atoms in total. The maximum absolute atomic E-state index is 12.7. The summed E-state index contributed by atoms with van der Waals surface area (Å²) in [4.78, 5) is 19.6. The number of carbonyl (C=O) groups excluding carboxylic acids is 1. The molecule has 1 saturated heterocycles. The Bertz CT molecular complexity index is 644. The zero-order chi connectivity index (χ0) is 18.1. The van der Waals surface area contributed by atoms with E-state index in [-0.39, 0.29) is 0 Å². The summed E-state index contributed by atoms with van der Waals surface area (Å²) >= 11 is 0. The maximum atomic E-state index is 12.7. The Balaban J connectivity index is 1.51. The van der Waals surface area contributed by atoms with Gasteiger partial charge in [-0.15, -0.1) is 0 Å². The number of ether oxygens (including phenoxy) is 1. The summed E-state index contributed by atoms with van der Waals surface area (Å²) < 4.78 is 6.13. The predicted octanol–water partition coefficient (Wildman–Crippen LogP) is 2.21. The van der Waals surface area contributed by atoms with Crippen LogP contribution in [0.3, 0.4) is 0 Å². The minimum absolute atomic E-state index is 0.321. The third-order valence-electron chi connectivity index (χ3n) is 5.90. The fourth-order valence-electron chi connectivity index (χ4n) is 4.37. The normalized spacial score (nSPS) is 26.5. The molecule has 0 aromatic heterocycles. The molecule has 2 aliphatic heterocycles. The molecule has 5 heteroatoms. The molecule has 1 aliphatic carbocycles. The van der Waals surface area contributed by atoms with Crippen molar-refractivity contribution in [1.82, 2.24) is 14.7 Å². The lowest BCUT2D eigenvalue weighted by molar-refractivity contribution is -0.133. The smallest absolute Gasteiger partial charge is 0.225 e. The predicted molar refractivity (Wildman–Crippen MR) is 102 cm³/mol. The Labute approximate surface area is 156 Å². The van der Waals surface area contributed by atoms with E-state index >= 15 is 0 Å². The number of likely N-dealkylation sites (tertiary alicyclic amines) is 1. The highest BCUT2D eigenvalue weighted by Gasteiger charge is 2.39. The first-order valence-corrected chi connectivity index (χ1v) is 10.0. The maximum Gasteiger partial charge on any atom is 0.225 e. The van der Waals surface area contributed by atoms with Crippen molar-refractivity contribution in [3.05, 3.63) is 29.8 Å². The number of benzene rings is 1. The summed E-state index contributed by atoms with van der Waals surface area (Å²) in [5.41, 5.74) is 1.26. The highest BCUT2D eigenvalue weighted by molar-refractivity contribution is 5.81. The molecule has 2 heterocycles. The second-order valence-electron chi connectivity index (χ2n) is 8.37. The summed E-state index contributed by atoms with van der Waals surface area (Å²) in [6.07, 6.45) is 4.46. The fraction of sp³-hybridized carbons (Fsp3) is 0.667. The minimum Gasteiger partial charge on any atom is -0.492 e. The number of fused-ring (bicyclic) bond motifs is 1. The second-order valence-corrected chi connectivity index (χ2v) is 8.37. The SMILES string of the molecule is CN(C)C[C@H]1COc2ccccc2CN1C[C@H]1CCCN1C(=O)C1CC1. The van der Waals surface area contributed by atoms with Crippen LogP contribution in [0, 0.1) is 5.92 Å². The molecule has 0 spiro atoms. The van der Waals surface area contributed by atoms with Crippen LogP contribution in [0.25, 0.3) is 0 Å². The van der Waals surface area contributed by atoms with Crippen molar-refractivity contribution in [2.45, 2.75) is 44.3 Å². The van der Waals surface area contributed by atoms with E-state index in [1.165, 1.54) is 5.56 Å². The molecule has 4 rings (SSSR count). The molecule has 1 saturated carbocycles. The first-order chi connectivity index (χ1) is 12.6. The number of likely N-dealkylation sites (N-methyl/N-ethyl adjacent to an activating group) is 1. The molecule has 0 radical (unpaired) electrons. The van der Waals surface area contributed by atoms with Crippen LogP contribution in [0.15, 0.2) is 24.3 Å².